The molecule has 0 fully saturated rings. The molecule has 1 rings (SSSR count). The summed E-state index contributed by atoms with van der Waals surface area (Å²) >= 11 is 0. The first kappa shape index (κ1) is 36.8. The van der Waals surface area contributed by atoms with Crippen molar-refractivity contribution in [2.24, 2.45) is 10.8 Å². The summed E-state index contributed by atoms with van der Waals surface area (Å²) < 4.78 is 19.6. The second-order valence-corrected chi connectivity index (χ2v) is 10.2. The smallest absolute Gasteiger partial charge is 0.339 e. The number of ether oxygens (including phenoxy) is 4. The Morgan fingerprint density at radius 1 is 0.707 bits per heavy atom. The number of carboxylic acids is 2. The van der Waals surface area contributed by atoms with Gasteiger partial charge in [-0.15, -0.1) is 0 Å². The van der Waals surface area contributed by atoms with E-state index in [0.29, 0.717) is 18.4 Å². The van der Waals surface area contributed by atoms with Gasteiger partial charge in [-0.2, -0.15) is 0 Å². The number of hydrogen-bond donors (Lipinski definition) is 2. The summed E-state index contributed by atoms with van der Waals surface area (Å²) in [4.78, 5) is 68.4. The van der Waals surface area contributed by atoms with Crippen LogP contribution in [0.2, 0.25) is 0 Å². The van der Waals surface area contributed by atoms with E-state index in [1.54, 1.807) is 20.8 Å². The van der Waals surface area contributed by atoms with E-state index >= 15 is 0 Å². The molecule has 1 aromatic carbocycles. The molecule has 2 N–H and O–H groups in total. The topological polar surface area (TPSA) is 180 Å². The molecule has 0 heterocycles. The first-order valence-corrected chi connectivity index (χ1v) is 12.9. The van der Waals surface area contributed by atoms with Gasteiger partial charge in [0.15, 0.2) is 0 Å². The lowest BCUT2D eigenvalue weighted by atomic mass is 9.91. The van der Waals surface area contributed by atoms with Crippen molar-refractivity contribution in [3.63, 3.8) is 0 Å². The second-order valence-electron chi connectivity index (χ2n) is 10.2. The zero-order valence-electron chi connectivity index (χ0n) is 24.7. The molecular weight excluding hydrogens is 540 g/mol. The Bertz CT molecular complexity index is 1130. The predicted octanol–water partition coefficient (Wildman–Crippen LogP) is 4.30. The number of benzene rings is 1. The molecular formula is C29H40O12. The molecule has 0 radical (unpaired) electrons. The summed E-state index contributed by atoms with van der Waals surface area (Å²) in [5, 5.41) is 18.0. The third-order valence-corrected chi connectivity index (χ3v) is 6.04. The van der Waals surface area contributed by atoms with Crippen LogP contribution in [0, 0.1) is 10.8 Å². The number of carbonyl (C=O) groups excluding carboxylic acids is 4. The largest absolute Gasteiger partial charge is 0.478 e. The average molecular weight is 581 g/mol. The van der Waals surface area contributed by atoms with E-state index in [2.05, 4.69) is 6.58 Å². The fourth-order valence-corrected chi connectivity index (χ4v) is 2.45. The van der Waals surface area contributed by atoms with E-state index < -0.39 is 40.7 Å². The van der Waals surface area contributed by atoms with Crippen molar-refractivity contribution in [3.8, 4) is 0 Å². The SMILES string of the molecule is C=C(C)C(=O)OCCOC(=O)C(C)(C)CC.CCC(C)(C)C(=O)OCCOC(=O)c1cc(C(=O)O)ccc1C(=O)O. The summed E-state index contributed by atoms with van der Waals surface area (Å²) in [6.45, 7) is 15.5. The van der Waals surface area contributed by atoms with Gasteiger partial charge < -0.3 is 29.2 Å². The lowest BCUT2D eigenvalue weighted by Gasteiger charge is -2.20. The third kappa shape index (κ3) is 12.7. The van der Waals surface area contributed by atoms with E-state index in [0.717, 1.165) is 18.2 Å². The van der Waals surface area contributed by atoms with Crippen LogP contribution in [0.15, 0.2) is 30.4 Å². The molecule has 0 aliphatic rings. The van der Waals surface area contributed by atoms with E-state index in [1.807, 2.05) is 27.7 Å². The van der Waals surface area contributed by atoms with Crippen LogP contribution in [0.4, 0.5) is 0 Å². The highest BCUT2D eigenvalue weighted by Gasteiger charge is 2.28. The van der Waals surface area contributed by atoms with Crippen molar-refractivity contribution in [2.75, 3.05) is 26.4 Å². The van der Waals surface area contributed by atoms with E-state index in [1.165, 1.54) is 0 Å². The molecule has 0 amide bonds. The Kier molecular flexibility index (Phi) is 15.1. The van der Waals surface area contributed by atoms with Gasteiger partial charge in [0.1, 0.15) is 26.4 Å². The van der Waals surface area contributed by atoms with Crippen LogP contribution in [0.1, 0.15) is 92.4 Å². The average Bonchev–Trinajstić information content (AvgIpc) is 2.92. The Morgan fingerprint density at radius 2 is 1.15 bits per heavy atom. The van der Waals surface area contributed by atoms with Crippen LogP contribution in [-0.2, 0) is 33.3 Å². The number of aromatic carboxylic acids is 2. The van der Waals surface area contributed by atoms with Crippen molar-refractivity contribution in [1.29, 1.82) is 0 Å². The monoisotopic (exact) mass is 580 g/mol. The maximum absolute atomic E-state index is 12.0. The fraction of sp³-hybridized carbons (Fsp3) is 0.517. The number of esters is 4. The highest BCUT2D eigenvalue weighted by molar-refractivity contribution is 6.04. The molecule has 0 atom stereocenters. The molecule has 0 saturated carbocycles. The zero-order chi connectivity index (χ0) is 32.0. The molecule has 0 spiro atoms. The zero-order valence-corrected chi connectivity index (χ0v) is 24.7. The van der Waals surface area contributed by atoms with Gasteiger partial charge in [0, 0.05) is 5.57 Å². The quantitative estimate of drug-likeness (QED) is 0.138. The van der Waals surface area contributed by atoms with Gasteiger partial charge in [0.25, 0.3) is 0 Å². The van der Waals surface area contributed by atoms with E-state index in [4.69, 9.17) is 29.2 Å². The minimum atomic E-state index is -1.39. The summed E-state index contributed by atoms with van der Waals surface area (Å²) in [5.74, 6) is -4.88. The summed E-state index contributed by atoms with van der Waals surface area (Å²) in [6.07, 6.45) is 1.28. The molecule has 228 valence electrons. The summed E-state index contributed by atoms with van der Waals surface area (Å²) in [7, 11) is 0. The van der Waals surface area contributed by atoms with Gasteiger partial charge in [0.05, 0.1) is 27.5 Å². The predicted molar refractivity (Wildman–Crippen MR) is 146 cm³/mol. The summed E-state index contributed by atoms with van der Waals surface area (Å²) in [6, 6.07) is 3.03. The fourth-order valence-electron chi connectivity index (χ4n) is 2.45. The van der Waals surface area contributed by atoms with Crippen molar-refractivity contribution >= 4 is 35.8 Å². The number of rotatable bonds is 14. The first-order valence-electron chi connectivity index (χ1n) is 12.9. The number of carbonyl (C=O) groups is 6. The van der Waals surface area contributed by atoms with Crippen LogP contribution in [0.5, 0.6) is 0 Å². The summed E-state index contributed by atoms with van der Waals surface area (Å²) in [5.41, 5.74) is -1.81. The van der Waals surface area contributed by atoms with Crippen molar-refractivity contribution in [3.05, 3.63) is 47.0 Å². The van der Waals surface area contributed by atoms with Crippen molar-refractivity contribution in [2.45, 2.75) is 61.3 Å². The van der Waals surface area contributed by atoms with E-state index in [9.17, 15) is 28.8 Å². The third-order valence-electron chi connectivity index (χ3n) is 6.04. The maximum atomic E-state index is 12.0. The van der Waals surface area contributed by atoms with E-state index in [-0.39, 0.29) is 49.1 Å². The van der Waals surface area contributed by atoms with Crippen LogP contribution in [-0.4, -0.2) is 72.5 Å². The molecule has 0 aromatic heterocycles. The van der Waals surface area contributed by atoms with Gasteiger partial charge in [-0.3, -0.25) is 9.59 Å². The maximum Gasteiger partial charge on any atom is 0.339 e. The lowest BCUT2D eigenvalue weighted by Crippen LogP contribution is -2.27. The highest BCUT2D eigenvalue weighted by Crippen LogP contribution is 2.22. The van der Waals surface area contributed by atoms with Gasteiger partial charge >= 0.3 is 35.8 Å². The Hall–Kier alpha value is -4.22. The standard InChI is InChI=1S/C17H20O8.C12H20O4/c1-4-17(2,3)16(23)25-8-7-24-15(22)12-9-10(13(18)19)5-6-11(12)14(20)21;1-6-12(4,5)11(14)16-8-7-15-10(13)9(2)3/h5-6,9H,4,7-8H2,1-3H3,(H,18,19)(H,20,21);2,6-8H2,1,3-5H3. The first-order chi connectivity index (χ1) is 18.9. The van der Waals surface area contributed by atoms with Gasteiger partial charge in [-0.05, 0) is 65.7 Å². The molecule has 41 heavy (non-hydrogen) atoms. The van der Waals surface area contributed by atoms with Crippen LogP contribution in [0.3, 0.4) is 0 Å². The Morgan fingerprint density at radius 3 is 1.54 bits per heavy atom. The molecule has 0 unspecified atom stereocenters. The van der Waals surface area contributed by atoms with Gasteiger partial charge in [-0.1, -0.05) is 20.4 Å². The Balaban J connectivity index is 0.000000865. The molecule has 0 aliphatic heterocycles. The molecule has 0 saturated heterocycles. The minimum absolute atomic E-state index is 0.0667. The van der Waals surface area contributed by atoms with Crippen LogP contribution >= 0.6 is 0 Å². The number of hydrogen-bond acceptors (Lipinski definition) is 10. The van der Waals surface area contributed by atoms with Crippen LogP contribution < -0.4 is 0 Å². The highest BCUT2D eigenvalue weighted by atomic mass is 16.6. The lowest BCUT2D eigenvalue weighted by molar-refractivity contribution is -0.158. The van der Waals surface area contributed by atoms with Crippen molar-refractivity contribution in [1.82, 2.24) is 0 Å². The number of carboxylic acid groups (broad SMARTS) is 2. The van der Waals surface area contributed by atoms with Crippen molar-refractivity contribution < 1.29 is 57.9 Å². The molecule has 1 aromatic rings. The van der Waals surface area contributed by atoms with Crippen LogP contribution in [0.25, 0.3) is 0 Å². The molecule has 0 bridgehead atoms. The minimum Gasteiger partial charge on any atom is -0.478 e. The van der Waals surface area contributed by atoms with Gasteiger partial charge in [-0.25, -0.2) is 19.2 Å². The molecule has 12 heteroatoms. The molecule has 0 aliphatic carbocycles. The second kappa shape index (κ2) is 16.8. The Labute approximate surface area is 239 Å². The molecule has 12 nitrogen and oxygen atoms in total. The van der Waals surface area contributed by atoms with Gasteiger partial charge in [0.2, 0.25) is 0 Å². The normalized spacial score (nSPS) is 10.8.